The van der Waals surface area contributed by atoms with Gasteiger partial charge in [0.1, 0.15) is 5.52 Å². The molecule has 2 aromatic rings. The minimum Gasteiger partial charge on any atom is -0.253 e. The van der Waals surface area contributed by atoms with Gasteiger partial charge in [0.15, 0.2) is 0 Å². The lowest BCUT2D eigenvalue weighted by Crippen LogP contribution is -1.88. The molecule has 0 unspecified atom stereocenters. The van der Waals surface area contributed by atoms with Gasteiger partial charge in [-0.1, -0.05) is 6.07 Å². The van der Waals surface area contributed by atoms with Gasteiger partial charge < -0.3 is 0 Å². The fraction of sp³-hybridized carbons (Fsp3) is 0.111. The van der Waals surface area contributed by atoms with Crippen LogP contribution in [0.5, 0.6) is 0 Å². The van der Waals surface area contributed by atoms with E-state index < -0.39 is 0 Å². The molecule has 1 heterocycles. The van der Waals surface area contributed by atoms with Crippen molar-refractivity contribution in [3.05, 3.63) is 33.7 Å². The highest BCUT2D eigenvalue weighted by Crippen LogP contribution is 2.19. The van der Waals surface area contributed by atoms with E-state index in [-0.39, 0.29) is 0 Å². The van der Waals surface area contributed by atoms with Gasteiger partial charge in [-0.15, -0.1) is 0 Å². The summed E-state index contributed by atoms with van der Waals surface area (Å²) in [5.74, 6) is 0. The van der Waals surface area contributed by atoms with Gasteiger partial charge in [0.25, 0.3) is 0 Å². The zero-order valence-electron chi connectivity index (χ0n) is 6.58. The van der Waals surface area contributed by atoms with E-state index in [1.165, 1.54) is 9.13 Å². The van der Waals surface area contributed by atoms with Crippen molar-refractivity contribution in [1.29, 1.82) is 0 Å². The molecule has 0 aliphatic rings. The summed E-state index contributed by atoms with van der Waals surface area (Å²) in [5, 5.41) is 0. The summed E-state index contributed by atoms with van der Waals surface area (Å²) in [6, 6.07) is 4.07. The number of halogens is 1. The van der Waals surface area contributed by atoms with Crippen molar-refractivity contribution in [2.45, 2.75) is 6.92 Å². The number of aryl methyl sites for hydroxylation is 1. The summed E-state index contributed by atoms with van der Waals surface area (Å²) in [7, 11) is 0. The maximum atomic E-state index is 4.27. The smallest absolute Gasteiger partial charge is 0.102 e. The van der Waals surface area contributed by atoms with Crippen LogP contribution in [0.3, 0.4) is 0 Å². The predicted octanol–water partition coefficient (Wildman–Crippen LogP) is 2.54. The van der Waals surface area contributed by atoms with E-state index in [2.05, 4.69) is 45.5 Å². The zero-order valence-corrected chi connectivity index (χ0v) is 8.74. The van der Waals surface area contributed by atoms with Crippen molar-refractivity contribution in [3.8, 4) is 0 Å². The molecular formula is C9H7IN2. The molecule has 1 aromatic heterocycles. The molecule has 0 saturated heterocycles. The largest absolute Gasteiger partial charge is 0.253 e. The van der Waals surface area contributed by atoms with E-state index in [4.69, 9.17) is 0 Å². The molecule has 0 aliphatic heterocycles. The summed E-state index contributed by atoms with van der Waals surface area (Å²) in [4.78, 5) is 8.49. The van der Waals surface area contributed by atoms with Gasteiger partial charge >= 0.3 is 0 Å². The number of hydrogen-bond donors (Lipinski definition) is 0. The normalized spacial score (nSPS) is 10.5. The highest BCUT2D eigenvalue weighted by molar-refractivity contribution is 14.1. The van der Waals surface area contributed by atoms with Crippen LogP contribution >= 0.6 is 22.6 Å². The lowest BCUT2D eigenvalue weighted by Gasteiger charge is -2.00. The Balaban J connectivity index is 2.91. The summed E-state index contributed by atoms with van der Waals surface area (Å²) >= 11 is 2.30. The minimum absolute atomic E-state index is 0.965. The maximum absolute atomic E-state index is 4.27. The van der Waals surface area contributed by atoms with Gasteiger partial charge in [-0.25, -0.2) is 0 Å². The molecule has 0 amide bonds. The van der Waals surface area contributed by atoms with E-state index in [0.29, 0.717) is 0 Å². The van der Waals surface area contributed by atoms with Gasteiger partial charge in [-0.05, 0) is 41.1 Å². The van der Waals surface area contributed by atoms with Crippen LogP contribution in [0.1, 0.15) is 5.56 Å². The molecule has 12 heavy (non-hydrogen) atoms. The van der Waals surface area contributed by atoms with Crippen LogP contribution < -0.4 is 0 Å². The van der Waals surface area contributed by atoms with E-state index >= 15 is 0 Å². The number of nitrogens with zero attached hydrogens (tertiary/aromatic N) is 2. The number of hydrogen-bond acceptors (Lipinski definition) is 2. The standard InChI is InChI=1S/C9H7IN2/c1-6-2-3-7-9(8(6)10)12-5-4-11-7/h2-5H,1H3. The molecule has 0 aliphatic carbocycles. The van der Waals surface area contributed by atoms with Crippen LogP contribution in [-0.4, -0.2) is 9.97 Å². The van der Waals surface area contributed by atoms with Gasteiger partial charge in [0, 0.05) is 16.0 Å². The molecule has 0 N–H and O–H groups in total. The van der Waals surface area contributed by atoms with Crippen molar-refractivity contribution in [2.75, 3.05) is 0 Å². The molecule has 0 atom stereocenters. The first-order valence-electron chi connectivity index (χ1n) is 3.65. The first-order chi connectivity index (χ1) is 5.79. The number of aromatic nitrogens is 2. The summed E-state index contributed by atoms with van der Waals surface area (Å²) in [6.45, 7) is 2.08. The molecule has 1 aromatic carbocycles. The molecule has 2 rings (SSSR count). The molecular weight excluding hydrogens is 263 g/mol. The third-order valence-corrected chi connectivity index (χ3v) is 3.13. The lowest BCUT2D eigenvalue weighted by molar-refractivity contribution is 1.27. The lowest BCUT2D eigenvalue weighted by atomic mass is 10.2. The summed E-state index contributed by atoms with van der Waals surface area (Å²) in [5.41, 5.74) is 3.22. The average Bonchev–Trinajstić information content (AvgIpc) is 2.12. The van der Waals surface area contributed by atoms with Gasteiger partial charge in [-0.3, -0.25) is 9.97 Å². The second-order valence-corrected chi connectivity index (χ2v) is 3.70. The fourth-order valence-electron chi connectivity index (χ4n) is 1.10. The van der Waals surface area contributed by atoms with E-state index in [1.807, 2.05) is 6.07 Å². The van der Waals surface area contributed by atoms with Crippen molar-refractivity contribution < 1.29 is 0 Å². The highest BCUT2D eigenvalue weighted by Gasteiger charge is 2.01. The molecule has 0 bridgehead atoms. The molecule has 0 spiro atoms. The maximum Gasteiger partial charge on any atom is 0.102 e. The fourth-order valence-corrected chi connectivity index (χ4v) is 1.70. The molecule has 0 saturated carbocycles. The molecule has 3 heteroatoms. The van der Waals surface area contributed by atoms with Gasteiger partial charge in [-0.2, -0.15) is 0 Å². The predicted molar refractivity (Wildman–Crippen MR) is 57.0 cm³/mol. The second-order valence-electron chi connectivity index (χ2n) is 2.62. The quantitative estimate of drug-likeness (QED) is 0.687. The van der Waals surface area contributed by atoms with Crippen molar-refractivity contribution >= 4 is 33.6 Å². The average molecular weight is 270 g/mol. The Morgan fingerprint density at radius 2 is 1.92 bits per heavy atom. The summed E-state index contributed by atoms with van der Waals surface area (Å²) < 4.78 is 1.19. The van der Waals surface area contributed by atoms with Crippen molar-refractivity contribution in [3.63, 3.8) is 0 Å². The SMILES string of the molecule is Cc1ccc2nccnc2c1I. The number of rotatable bonds is 0. The first-order valence-corrected chi connectivity index (χ1v) is 4.73. The first kappa shape index (κ1) is 7.91. The minimum atomic E-state index is 0.965. The molecule has 2 nitrogen and oxygen atoms in total. The third-order valence-electron chi connectivity index (χ3n) is 1.77. The van der Waals surface area contributed by atoms with E-state index in [1.54, 1.807) is 12.4 Å². The highest BCUT2D eigenvalue weighted by atomic mass is 127. The molecule has 0 fully saturated rings. The van der Waals surface area contributed by atoms with Crippen molar-refractivity contribution in [1.82, 2.24) is 9.97 Å². The van der Waals surface area contributed by atoms with Crippen LogP contribution in [0.15, 0.2) is 24.5 Å². The molecule has 60 valence electrons. The number of fused-ring (bicyclic) bond motifs is 1. The Morgan fingerprint density at radius 1 is 1.17 bits per heavy atom. The Kier molecular flexibility index (Phi) is 1.96. The van der Waals surface area contributed by atoms with Crippen molar-refractivity contribution in [2.24, 2.45) is 0 Å². The zero-order chi connectivity index (χ0) is 8.55. The number of benzene rings is 1. The van der Waals surface area contributed by atoms with E-state index in [9.17, 15) is 0 Å². The van der Waals surface area contributed by atoms with Crippen LogP contribution in [0.25, 0.3) is 11.0 Å². The monoisotopic (exact) mass is 270 g/mol. The Labute approximate surface area is 84.2 Å². The van der Waals surface area contributed by atoms with Crippen LogP contribution in [0.4, 0.5) is 0 Å². The van der Waals surface area contributed by atoms with Crippen LogP contribution in [-0.2, 0) is 0 Å². The Bertz CT molecular complexity index is 426. The second kappa shape index (κ2) is 2.97. The Hall–Kier alpha value is -0.710. The van der Waals surface area contributed by atoms with E-state index in [0.717, 1.165) is 11.0 Å². The summed E-state index contributed by atoms with van der Waals surface area (Å²) in [6.07, 6.45) is 3.44. The van der Waals surface area contributed by atoms with Gasteiger partial charge in [0.2, 0.25) is 0 Å². The van der Waals surface area contributed by atoms with Crippen LogP contribution in [0, 0.1) is 10.5 Å². The topological polar surface area (TPSA) is 25.8 Å². The van der Waals surface area contributed by atoms with Gasteiger partial charge in [0.05, 0.1) is 5.52 Å². The Morgan fingerprint density at radius 3 is 2.75 bits per heavy atom. The van der Waals surface area contributed by atoms with Crippen LogP contribution in [0.2, 0.25) is 0 Å². The molecule has 0 radical (unpaired) electrons. The third kappa shape index (κ3) is 1.18.